The van der Waals surface area contributed by atoms with Gasteiger partial charge in [-0.05, 0) is 48.1 Å². The molecule has 1 unspecified atom stereocenters. The Kier molecular flexibility index (Phi) is 9.33. The van der Waals surface area contributed by atoms with Crippen LogP contribution in [-0.2, 0) is 14.8 Å². The number of halogens is 2. The number of fused-ring (bicyclic) bond motifs is 1. The van der Waals surface area contributed by atoms with E-state index in [1.807, 2.05) is 37.3 Å². The van der Waals surface area contributed by atoms with Gasteiger partial charge in [0, 0.05) is 48.2 Å². The van der Waals surface area contributed by atoms with Crippen LogP contribution in [0.5, 0.6) is 0 Å². The molecule has 0 aliphatic carbocycles. The van der Waals surface area contributed by atoms with Gasteiger partial charge in [-0.3, -0.25) is 9.59 Å². The van der Waals surface area contributed by atoms with Crippen molar-refractivity contribution in [2.45, 2.75) is 30.8 Å². The first kappa shape index (κ1) is 28.8. The number of carbonyl (C=O) groups is 2. The second-order valence-corrected chi connectivity index (χ2v) is 13.4. The zero-order valence-corrected chi connectivity index (χ0v) is 23.8. The van der Waals surface area contributed by atoms with Crippen LogP contribution < -0.4 is 10.6 Å². The van der Waals surface area contributed by atoms with Crippen molar-refractivity contribution in [3.63, 3.8) is 0 Å². The highest BCUT2D eigenvalue weighted by molar-refractivity contribution is 7.89. The monoisotopic (exact) mass is 597 g/mol. The highest BCUT2D eigenvalue weighted by Gasteiger charge is 2.39. The minimum absolute atomic E-state index is 0.0118. The van der Waals surface area contributed by atoms with Gasteiger partial charge in [-0.25, -0.2) is 8.42 Å². The van der Waals surface area contributed by atoms with Gasteiger partial charge in [0.1, 0.15) is 4.90 Å². The van der Waals surface area contributed by atoms with Crippen LogP contribution in [0.4, 0.5) is 0 Å². The molecule has 0 spiro atoms. The molecule has 1 aliphatic heterocycles. The molecule has 8 nitrogen and oxygen atoms in total. The van der Waals surface area contributed by atoms with Gasteiger partial charge in [-0.15, -0.1) is 11.3 Å². The van der Waals surface area contributed by atoms with Gasteiger partial charge in [-0.2, -0.15) is 4.31 Å². The summed E-state index contributed by atoms with van der Waals surface area (Å²) < 4.78 is 28.2. The summed E-state index contributed by atoms with van der Waals surface area (Å²) in [5.41, 5.74) is 0. The summed E-state index contributed by atoms with van der Waals surface area (Å²) in [5, 5.41) is 17.5. The molecule has 2 amide bonds. The quantitative estimate of drug-likeness (QED) is 0.324. The van der Waals surface area contributed by atoms with Crippen molar-refractivity contribution in [2.24, 2.45) is 11.8 Å². The van der Waals surface area contributed by atoms with Crippen molar-refractivity contribution in [3.05, 3.63) is 63.5 Å². The minimum Gasteiger partial charge on any atom is -0.391 e. The molecule has 1 aliphatic rings. The number of benzene rings is 2. The van der Waals surface area contributed by atoms with E-state index in [4.69, 9.17) is 23.2 Å². The van der Waals surface area contributed by atoms with Crippen molar-refractivity contribution >= 4 is 66.5 Å². The molecule has 0 saturated carbocycles. The molecule has 2 heterocycles. The Balaban J connectivity index is 1.20. The van der Waals surface area contributed by atoms with Crippen LogP contribution >= 0.6 is 34.5 Å². The van der Waals surface area contributed by atoms with Crippen molar-refractivity contribution in [2.75, 3.05) is 26.2 Å². The highest BCUT2D eigenvalue weighted by Crippen LogP contribution is 2.31. The number of aliphatic hydroxyl groups excluding tert-OH is 1. The third kappa shape index (κ3) is 6.86. The molecule has 0 radical (unpaired) electrons. The molecule has 3 atom stereocenters. The van der Waals surface area contributed by atoms with Gasteiger partial charge in [-0.1, -0.05) is 48.3 Å². The highest BCUT2D eigenvalue weighted by atomic mass is 35.5. The van der Waals surface area contributed by atoms with Crippen LogP contribution in [-0.4, -0.2) is 61.9 Å². The van der Waals surface area contributed by atoms with Gasteiger partial charge in [0.25, 0.3) is 5.91 Å². The first-order valence-corrected chi connectivity index (χ1v) is 15.2. The number of aliphatic hydroxyl groups is 1. The molecule has 1 fully saturated rings. The lowest BCUT2D eigenvalue weighted by atomic mass is 10.0. The second kappa shape index (κ2) is 12.3. The van der Waals surface area contributed by atoms with Gasteiger partial charge in [0.15, 0.2) is 0 Å². The number of nitrogens with one attached hydrogen (secondary N) is 2. The topological polar surface area (TPSA) is 116 Å². The molecule has 3 N–H and O–H groups in total. The number of β-amino-alcohol motifs (C(OH)–C–C–N with tert-alkyl or cyclic N) is 1. The summed E-state index contributed by atoms with van der Waals surface area (Å²) in [4.78, 5) is 25.5. The molecule has 204 valence electrons. The predicted molar refractivity (Wildman–Crippen MR) is 150 cm³/mol. The summed E-state index contributed by atoms with van der Waals surface area (Å²) in [6, 6.07) is 13.8. The fraction of sp³-hybridized carbons (Fsp3) is 0.385. The average Bonchev–Trinajstić information content (AvgIpc) is 3.46. The molecule has 12 heteroatoms. The van der Waals surface area contributed by atoms with Crippen LogP contribution in [0.2, 0.25) is 10.0 Å². The minimum atomic E-state index is -3.92. The number of thiophene rings is 1. The fourth-order valence-corrected chi connectivity index (χ4v) is 7.62. The largest absolute Gasteiger partial charge is 0.391 e. The zero-order chi connectivity index (χ0) is 27.4. The first-order chi connectivity index (χ1) is 18.0. The Labute approximate surface area is 236 Å². The van der Waals surface area contributed by atoms with E-state index in [2.05, 4.69) is 10.6 Å². The Hall–Kier alpha value is -2.21. The molecule has 38 heavy (non-hydrogen) atoms. The molecule has 3 aromatic rings. The average molecular weight is 599 g/mol. The molecule has 0 bridgehead atoms. The van der Waals surface area contributed by atoms with E-state index in [1.54, 1.807) is 0 Å². The normalized spacial score (nSPS) is 18.9. The number of sulfonamides is 1. The summed E-state index contributed by atoms with van der Waals surface area (Å²) in [7, 11) is -3.92. The zero-order valence-electron chi connectivity index (χ0n) is 20.7. The Morgan fingerprint density at radius 2 is 1.89 bits per heavy atom. The maximum atomic E-state index is 13.0. The van der Waals surface area contributed by atoms with E-state index < -0.39 is 22.0 Å². The number of hydrogen-bond donors (Lipinski definition) is 3. The lowest BCUT2D eigenvalue weighted by molar-refractivity contribution is -0.122. The van der Waals surface area contributed by atoms with Crippen LogP contribution in [0.1, 0.15) is 29.4 Å². The van der Waals surface area contributed by atoms with Gasteiger partial charge < -0.3 is 15.7 Å². The number of nitrogens with zero attached hydrogens (tertiary/aromatic N) is 1. The van der Waals surface area contributed by atoms with E-state index >= 15 is 0 Å². The fourth-order valence-electron chi connectivity index (χ4n) is 4.38. The SMILES string of the molecule is CC(CCNC(=O)c1cc2ccccc2s1)CC(=O)NC[C@H]1CN(S(=O)(=O)c2ccc(Cl)cc2Cl)C[C@H]1O. The lowest BCUT2D eigenvalue weighted by Crippen LogP contribution is -2.35. The molecular formula is C26H29Cl2N3O5S2. The van der Waals surface area contributed by atoms with Crippen molar-refractivity contribution < 1.29 is 23.1 Å². The van der Waals surface area contributed by atoms with Gasteiger partial charge >= 0.3 is 0 Å². The van der Waals surface area contributed by atoms with Crippen LogP contribution in [0.25, 0.3) is 10.1 Å². The lowest BCUT2D eigenvalue weighted by Gasteiger charge is -2.18. The molecule has 1 aromatic heterocycles. The summed E-state index contributed by atoms with van der Waals surface area (Å²) in [6.45, 7) is 2.50. The Morgan fingerprint density at radius 1 is 1.13 bits per heavy atom. The van der Waals surface area contributed by atoms with Gasteiger partial charge in [0.2, 0.25) is 15.9 Å². The summed E-state index contributed by atoms with van der Waals surface area (Å²) in [6.07, 6.45) is -0.0359. The van der Waals surface area contributed by atoms with E-state index in [0.717, 1.165) is 10.1 Å². The van der Waals surface area contributed by atoms with Crippen molar-refractivity contribution in [1.29, 1.82) is 0 Å². The number of amides is 2. The second-order valence-electron chi connectivity index (χ2n) is 9.53. The first-order valence-electron chi connectivity index (χ1n) is 12.2. The Bertz CT molecular complexity index is 1400. The Morgan fingerprint density at radius 3 is 2.63 bits per heavy atom. The van der Waals surface area contributed by atoms with Crippen molar-refractivity contribution in [3.8, 4) is 0 Å². The number of hydrogen-bond acceptors (Lipinski definition) is 6. The predicted octanol–water partition coefficient (Wildman–Crippen LogP) is 4.15. The van der Waals surface area contributed by atoms with Crippen LogP contribution in [0, 0.1) is 11.8 Å². The number of rotatable bonds is 10. The van der Waals surface area contributed by atoms with E-state index in [1.165, 1.54) is 33.8 Å². The maximum absolute atomic E-state index is 13.0. The van der Waals surface area contributed by atoms with E-state index in [-0.39, 0.29) is 53.7 Å². The molecule has 1 saturated heterocycles. The van der Waals surface area contributed by atoms with E-state index in [9.17, 15) is 23.1 Å². The molecule has 2 aromatic carbocycles. The third-order valence-corrected chi connectivity index (χ3v) is 10.2. The third-order valence-electron chi connectivity index (χ3n) is 6.55. The summed E-state index contributed by atoms with van der Waals surface area (Å²) in [5.74, 6) is -0.745. The van der Waals surface area contributed by atoms with Crippen LogP contribution in [0.3, 0.4) is 0 Å². The van der Waals surface area contributed by atoms with Gasteiger partial charge in [0.05, 0.1) is 16.0 Å². The maximum Gasteiger partial charge on any atom is 0.261 e. The summed E-state index contributed by atoms with van der Waals surface area (Å²) >= 11 is 13.4. The number of carbonyl (C=O) groups excluding carboxylic acids is 2. The smallest absolute Gasteiger partial charge is 0.261 e. The van der Waals surface area contributed by atoms with Crippen molar-refractivity contribution in [1.82, 2.24) is 14.9 Å². The van der Waals surface area contributed by atoms with E-state index in [0.29, 0.717) is 22.9 Å². The standard InChI is InChI=1S/C26H29Cl2N3O5S2/c1-16(8-9-29-26(34)23-11-17-4-2-3-5-22(17)37-23)10-25(33)30-13-18-14-31(15-21(18)32)38(35,36)24-7-6-19(27)12-20(24)28/h2-7,11-12,16,18,21,32H,8-10,13-15H2,1H3,(H,29,34)(H,30,33)/t16?,18-,21+/m0/s1. The molecular weight excluding hydrogens is 569 g/mol. The van der Waals surface area contributed by atoms with Crippen LogP contribution in [0.15, 0.2) is 53.4 Å². The molecule has 4 rings (SSSR count).